The molecule has 38 heavy (non-hydrogen) atoms. The highest BCUT2D eigenvalue weighted by molar-refractivity contribution is 7.90. The fourth-order valence-corrected chi connectivity index (χ4v) is 5.68. The SMILES string of the molecule is CC(C)(CC(Cc1cc2cc(S(C)(=O)=O)ncc2[nH]1)(OP(=O)(O)O)C(F)(F)F)c1ccc(F)cc1C(N)=O. The van der Waals surface area contributed by atoms with Crippen LogP contribution in [-0.2, 0) is 30.8 Å². The zero-order chi connectivity index (χ0) is 28.9. The number of nitrogens with zero attached hydrogens (tertiary/aromatic N) is 1. The first-order chi connectivity index (χ1) is 17.1. The smallest absolute Gasteiger partial charge is 0.366 e. The van der Waals surface area contributed by atoms with Crippen LogP contribution in [-0.4, -0.2) is 52.1 Å². The van der Waals surface area contributed by atoms with Crippen LogP contribution in [0.25, 0.3) is 10.9 Å². The first-order valence-electron chi connectivity index (χ1n) is 10.7. The summed E-state index contributed by atoms with van der Waals surface area (Å²) < 4.78 is 97.8. The van der Waals surface area contributed by atoms with Crippen molar-refractivity contribution < 1.29 is 49.6 Å². The van der Waals surface area contributed by atoms with Gasteiger partial charge in [0, 0.05) is 29.3 Å². The van der Waals surface area contributed by atoms with Crippen molar-refractivity contribution in [1.29, 1.82) is 0 Å². The predicted octanol–water partition coefficient (Wildman–Crippen LogP) is 3.53. The fourth-order valence-electron chi connectivity index (χ4n) is 4.40. The minimum absolute atomic E-state index is 0.104. The average Bonchev–Trinajstić information content (AvgIpc) is 3.11. The van der Waals surface area contributed by atoms with Gasteiger partial charge in [-0.2, -0.15) is 13.2 Å². The molecule has 5 N–H and O–H groups in total. The van der Waals surface area contributed by atoms with Crippen molar-refractivity contribution in [2.24, 2.45) is 5.73 Å². The van der Waals surface area contributed by atoms with Crippen molar-refractivity contribution in [3.8, 4) is 0 Å². The lowest BCUT2D eigenvalue weighted by Gasteiger charge is -2.41. The van der Waals surface area contributed by atoms with E-state index in [1.165, 1.54) is 19.9 Å². The molecule has 3 aromatic rings. The summed E-state index contributed by atoms with van der Waals surface area (Å²) >= 11 is 0. The third kappa shape index (κ3) is 6.41. The molecule has 1 amide bonds. The Labute approximate surface area is 214 Å². The van der Waals surface area contributed by atoms with Crippen LogP contribution in [0.5, 0.6) is 0 Å². The van der Waals surface area contributed by atoms with E-state index in [2.05, 4.69) is 14.5 Å². The van der Waals surface area contributed by atoms with E-state index in [0.29, 0.717) is 0 Å². The number of amides is 1. The lowest BCUT2D eigenvalue weighted by molar-refractivity contribution is -0.259. The summed E-state index contributed by atoms with van der Waals surface area (Å²) in [5.41, 5.74) is -0.484. The molecule has 2 heterocycles. The number of nitrogens with two attached hydrogens (primary N) is 1. The first-order valence-corrected chi connectivity index (χ1v) is 14.2. The van der Waals surface area contributed by atoms with Gasteiger partial charge in [0.15, 0.2) is 20.5 Å². The molecule has 3 rings (SSSR count). The Bertz CT molecular complexity index is 1550. The topological polar surface area (TPSA) is 173 Å². The number of carbonyl (C=O) groups excluding carboxylic acids is 1. The lowest BCUT2D eigenvalue weighted by atomic mass is 9.72. The summed E-state index contributed by atoms with van der Waals surface area (Å²) in [5, 5.41) is -0.156. The molecule has 1 aromatic carbocycles. The van der Waals surface area contributed by atoms with E-state index < -0.39 is 65.0 Å². The summed E-state index contributed by atoms with van der Waals surface area (Å²) in [5.74, 6) is -1.99. The molecule has 2 aromatic heterocycles. The van der Waals surface area contributed by atoms with Gasteiger partial charge in [-0.1, -0.05) is 19.9 Å². The number of aromatic nitrogens is 2. The standard InChI is InChI=1S/C22H24F4N3O7PS/c1-20(2,16-5-4-13(23)8-15(16)19(27)30)11-21(22(24,25)26,36-37(31,32)33)9-14-6-12-7-18(38(3,34)35)28-10-17(12)29-14/h4-8,10,29H,9,11H2,1-3H3,(H2,27,30)(H2,31,32,33). The molecular formula is C22H24F4N3O7PS. The van der Waals surface area contributed by atoms with Crippen molar-refractivity contribution in [2.45, 2.75) is 48.9 Å². The molecule has 1 atom stereocenters. The molecular weight excluding hydrogens is 557 g/mol. The number of rotatable bonds is 9. The molecule has 0 saturated heterocycles. The van der Waals surface area contributed by atoms with Crippen molar-refractivity contribution in [1.82, 2.24) is 9.97 Å². The summed E-state index contributed by atoms with van der Waals surface area (Å²) in [4.78, 5) is 37.3. The van der Waals surface area contributed by atoms with Gasteiger partial charge in [0.05, 0.1) is 11.7 Å². The van der Waals surface area contributed by atoms with Crippen molar-refractivity contribution in [2.75, 3.05) is 6.26 Å². The number of phosphoric acid groups is 1. The number of primary amides is 1. The Kier molecular flexibility index (Phi) is 7.60. The largest absolute Gasteiger partial charge is 0.470 e. The third-order valence-corrected chi connectivity index (χ3v) is 7.48. The first kappa shape index (κ1) is 29.7. The molecule has 10 nitrogen and oxygen atoms in total. The number of hydrogen-bond donors (Lipinski definition) is 4. The summed E-state index contributed by atoms with van der Waals surface area (Å²) in [6.07, 6.45) is -5.68. The van der Waals surface area contributed by atoms with Crippen LogP contribution >= 0.6 is 7.82 Å². The zero-order valence-electron chi connectivity index (χ0n) is 20.2. The number of halogens is 4. The summed E-state index contributed by atoms with van der Waals surface area (Å²) in [6, 6.07) is 5.03. The fraction of sp³-hybridized carbons (Fsp3) is 0.364. The molecule has 0 aliphatic carbocycles. The third-order valence-electron chi connectivity index (χ3n) is 5.91. The van der Waals surface area contributed by atoms with Crippen LogP contribution in [0.4, 0.5) is 17.6 Å². The molecule has 208 valence electrons. The van der Waals surface area contributed by atoms with E-state index in [4.69, 9.17) is 5.73 Å². The van der Waals surface area contributed by atoms with E-state index in [-0.39, 0.29) is 27.2 Å². The zero-order valence-corrected chi connectivity index (χ0v) is 21.9. The highest BCUT2D eigenvalue weighted by Gasteiger charge is 2.61. The summed E-state index contributed by atoms with van der Waals surface area (Å²) in [6.45, 7) is 2.51. The molecule has 1 unspecified atom stereocenters. The van der Waals surface area contributed by atoms with Gasteiger partial charge in [0.25, 0.3) is 0 Å². The van der Waals surface area contributed by atoms with Crippen molar-refractivity contribution in [3.63, 3.8) is 0 Å². The number of H-pyrrole nitrogens is 1. The lowest BCUT2D eigenvalue weighted by Crippen LogP contribution is -2.52. The number of pyridine rings is 1. The minimum Gasteiger partial charge on any atom is -0.366 e. The predicted molar refractivity (Wildman–Crippen MR) is 127 cm³/mol. The monoisotopic (exact) mass is 581 g/mol. The van der Waals surface area contributed by atoms with Crippen LogP contribution < -0.4 is 5.73 Å². The number of alkyl halides is 3. The molecule has 0 fully saturated rings. The average molecular weight is 581 g/mol. The highest BCUT2D eigenvalue weighted by atomic mass is 32.2. The number of phosphoric ester groups is 1. The van der Waals surface area contributed by atoms with Gasteiger partial charge in [-0.25, -0.2) is 22.4 Å². The number of carbonyl (C=O) groups is 1. The van der Waals surface area contributed by atoms with Crippen LogP contribution in [0, 0.1) is 5.82 Å². The van der Waals surface area contributed by atoms with Crippen LogP contribution in [0.2, 0.25) is 0 Å². The number of sulfone groups is 1. The normalized spacial score (nSPS) is 15.0. The molecule has 0 saturated carbocycles. The number of hydrogen-bond acceptors (Lipinski definition) is 6. The Morgan fingerprint density at radius 1 is 1.18 bits per heavy atom. The second kappa shape index (κ2) is 9.72. The van der Waals surface area contributed by atoms with Crippen LogP contribution in [0.1, 0.15) is 41.9 Å². The van der Waals surface area contributed by atoms with E-state index in [1.807, 2.05) is 0 Å². The number of fused-ring (bicyclic) bond motifs is 1. The molecule has 0 radical (unpaired) electrons. The van der Waals surface area contributed by atoms with Gasteiger partial charge in [-0.3, -0.25) is 9.32 Å². The maximum absolute atomic E-state index is 14.7. The molecule has 0 aliphatic heterocycles. The minimum atomic E-state index is -5.78. The highest BCUT2D eigenvalue weighted by Crippen LogP contribution is 2.54. The second-order valence-corrected chi connectivity index (χ2v) is 12.7. The maximum Gasteiger partial charge on any atom is 0.470 e. The van der Waals surface area contributed by atoms with Crippen molar-refractivity contribution in [3.05, 3.63) is 59.2 Å². The Morgan fingerprint density at radius 2 is 1.82 bits per heavy atom. The second-order valence-electron chi connectivity index (χ2n) is 9.54. The van der Waals surface area contributed by atoms with Gasteiger partial charge in [-0.15, -0.1) is 0 Å². The van der Waals surface area contributed by atoms with E-state index in [1.54, 1.807) is 0 Å². The van der Waals surface area contributed by atoms with Gasteiger partial charge in [-0.05, 0) is 41.7 Å². The molecule has 0 spiro atoms. The van der Waals surface area contributed by atoms with Crippen LogP contribution in [0.15, 0.2) is 41.6 Å². The van der Waals surface area contributed by atoms with E-state index in [0.717, 1.165) is 36.7 Å². The van der Waals surface area contributed by atoms with Crippen LogP contribution in [0.3, 0.4) is 0 Å². The van der Waals surface area contributed by atoms with E-state index in [9.17, 15) is 45.1 Å². The van der Waals surface area contributed by atoms with Gasteiger partial charge in [0.2, 0.25) is 5.91 Å². The Balaban J connectivity index is 2.18. The number of nitrogens with one attached hydrogen (secondary N) is 1. The Hall–Kier alpha value is -2.84. The number of aromatic amines is 1. The van der Waals surface area contributed by atoms with Gasteiger partial charge >= 0.3 is 14.0 Å². The van der Waals surface area contributed by atoms with Gasteiger partial charge in [0.1, 0.15) is 5.82 Å². The van der Waals surface area contributed by atoms with Gasteiger partial charge < -0.3 is 20.5 Å². The molecule has 0 bridgehead atoms. The molecule has 0 aliphatic rings. The quantitative estimate of drug-likeness (QED) is 0.219. The van der Waals surface area contributed by atoms with E-state index >= 15 is 0 Å². The molecule has 16 heteroatoms. The van der Waals surface area contributed by atoms with Crippen molar-refractivity contribution >= 4 is 34.5 Å². The summed E-state index contributed by atoms with van der Waals surface area (Å²) in [7, 11) is -9.51. The Morgan fingerprint density at radius 3 is 2.34 bits per heavy atom. The maximum atomic E-state index is 14.7. The number of benzene rings is 1.